The monoisotopic (exact) mass is 356 g/mol. The lowest BCUT2D eigenvalue weighted by Gasteiger charge is -2.04. The summed E-state index contributed by atoms with van der Waals surface area (Å²) < 4.78 is 8.67. The Hall–Kier alpha value is -2.21. The van der Waals surface area contributed by atoms with E-state index in [-0.39, 0.29) is 6.04 Å². The van der Waals surface area contributed by atoms with Crippen LogP contribution in [0.3, 0.4) is 0 Å². The summed E-state index contributed by atoms with van der Waals surface area (Å²) in [5, 5.41) is 8.43. The zero-order valence-electron chi connectivity index (χ0n) is 12.1. The van der Waals surface area contributed by atoms with Crippen molar-refractivity contribution in [3.63, 3.8) is 0 Å². The van der Waals surface area contributed by atoms with Gasteiger partial charge in [0, 0.05) is 16.1 Å². The van der Waals surface area contributed by atoms with Crippen LogP contribution in [0.1, 0.15) is 19.9 Å². The highest BCUT2D eigenvalue weighted by molar-refractivity contribution is 9.10. The van der Waals surface area contributed by atoms with Crippen LogP contribution >= 0.6 is 15.9 Å². The number of benzene rings is 2. The van der Waals surface area contributed by atoms with Crippen LogP contribution in [-0.4, -0.2) is 20.0 Å². The summed E-state index contributed by atoms with van der Waals surface area (Å²) in [5.41, 5.74) is 4.33. The average molecular weight is 357 g/mol. The molecule has 110 valence electrons. The molecule has 0 amide bonds. The first-order chi connectivity index (χ1) is 10.6. The zero-order valence-corrected chi connectivity index (χ0v) is 13.7. The quantitative estimate of drug-likeness (QED) is 0.527. The lowest BCUT2D eigenvalue weighted by atomic mass is 10.2. The molecule has 0 atom stereocenters. The second-order valence-electron chi connectivity index (χ2n) is 5.44. The SMILES string of the molecule is CC(C)n1nnc2cc(-c3nc4c(Br)cccc4o3)ccc21. The van der Waals surface area contributed by atoms with E-state index in [0.29, 0.717) is 5.89 Å². The van der Waals surface area contributed by atoms with Gasteiger partial charge in [-0.3, -0.25) is 0 Å². The molecule has 5 nitrogen and oxygen atoms in total. The van der Waals surface area contributed by atoms with E-state index in [0.717, 1.165) is 32.2 Å². The lowest BCUT2D eigenvalue weighted by Crippen LogP contribution is -2.02. The Kier molecular flexibility index (Phi) is 3.00. The van der Waals surface area contributed by atoms with E-state index in [1.165, 1.54) is 0 Å². The van der Waals surface area contributed by atoms with E-state index in [4.69, 9.17) is 4.42 Å². The Morgan fingerprint density at radius 3 is 2.82 bits per heavy atom. The molecule has 22 heavy (non-hydrogen) atoms. The lowest BCUT2D eigenvalue weighted by molar-refractivity contribution is 0.530. The second-order valence-corrected chi connectivity index (χ2v) is 6.29. The molecule has 0 aliphatic heterocycles. The molecule has 6 heteroatoms. The number of aromatic nitrogens is 4. The number of halogens is 1. The van der Waals surface area contributed by atoms with Gasteiger partial charge in [0.25, 0.3) is 0 Å². The molecule has 0 saturated carbocycles. The minimum Gasteiger partial charge on any atom is -0.436 e. The molecule has 2 aromatic heterocycles. The van der Waals surface area contributed by atoms with Crippen molar-refractivity contribution in [2.24, 2.45) is 0 Å². The maximum atomic E-state index is 5.84. The van der Waals surface area contributed by atoms with Gasteiger partial charge in [0.2, 0.25) is 5.89 Å². The normalized spacial score (nSPS) is 11.8. The predicted molar refractivity (Wildman–Crippen MR) is 88.6 cm³/mol. The van der Waals surface area contributed by atoms with Crippen molar-refractivity contribution >= 4 is 38.1 Å². The van der Waals surface area contributed by atoms with Gasteiger partial charge in [-0.2, -0.15) is 0 Å². The minimum atomic E-state index is 0.274. The largest absolute Gasteiger partial charge is 0.436 e. The summed E-state index contributed by atoms with van der Waals surface area (Å²) in [6.45, 7) is 4.17. The van der Waals surface area contributed by atoms with Gasteiger partial charge in [-0.15, -0.1) is 5.10 Å². The molecule has 0 N–H and O–H groups in total. The summed E-state index contributed by atoms with van der Waals surface area (Å²) >= 11 is 3.49. The molecule has 0 unspecified atom stereocenters. The van der Waals surface area contributed by atoms with Gasteiger partial charge >= 0.3 is 0 Å². The predicted octanol–water partition coefficient (Wildman–Crippen LogP) is 4.58. The topological polar surface area (TPSA) is 56.7 Å². The third-order valence-corrected chi connectivity index (χ3v) is 4.22. The summed E-state index contributed by atoms with van der Waals surface area (Å²) in [6, 6.07) is 12.0. The van der Waals surface area contributed by atoms with Crippen molar-refractivity contribution in [1.82, 2.24) is 20.0 Å². The summed E-state index contributed by atoms with van der Waals surface area (Å²) in [4.78, 5) is 4.56. The first-order valence-electron chi connectivity index (χ1n) is 7.04. The van der Waals surface area contributed by atoms with Crippen molar-refractivity contribution in [2.45, 2.75) is 19.9 Å². The van der Waals surface area contributed by atoms with Gasteiger partial charge in [-0.25, -0.2) is 9.67 Å². The average Bonchev–Trinajstić information content (AvgIpc) is 3.11. The number of hydrogen-bond donors (Lipinski definition) is 0. The number of hydrogen-bond acceptors (Lipinski definition) is 4. The maximum Gasteiger partial charge on any atom is 0.227 e. The Morgan fingerprint density at radius 2 is 2.05 bits per heavy atom. The molecule has 0 aliphatic carbocycles. The van der Waals surface area contributed by atoms with Gasteiger partial charge in [0.1, 0.15) is 11.0 Å². The number of para-hydroxylation sites is 1. The Morgan fingerprint density at radius 1 is 1.18 bits per heavy atom. The fraction of sp³-hybridized carbons (Fsp3) is 0.188. The van der Waals surface area contributed by atoms with Gasteiger partial charge in [0.05, 0.1) is 5.52 Å². The van der Waals surface area contributed by atoms with E-state index in [9.17, 15) is 0 Å². The Balaban J connectivity index is 1.87. The van der Waals surface area contributed by atoms with Gasteiger partial charge in [-0.1, -0.05) is 11.3 Å². The van der Waals surface area contributed by atoms with Crippen LogP contribution in [0.15, 0.2) is 45.3 Å². The van der Waals surface area contributed by atoms with Crippen molar-refractivity contribution < 1.29 is 4.42 Å². The van der Waals surface area contributed by atoms with Crippen LogP contribution in [0, 0.1) is 0 Å². The summed E-state index contributed by atoms with van der Waals surface area (Å²) in [5.74, 6) is 0.586. The molecular weight excluding hydrogens is 344 g/mol. The third kappa shape index (κ3) is 2.02. The first kappa shape index (κ1) is 13.5. The van der Waals surface area contributed by atoms with Crippen LogP contribution < -0.4 is 0 Å². The van der Waals surface area contributed by atoms with Crippen LogP contribution in [0.25, 0.3) is 33.6 Å². The molecule has 2 aromatic carbocycles. The standard InChI is InChI=1S/C16H13BrN4O/c1-9(2)21-13-7-6-10(8-12(13)19-20-21)16-18-15-11(17)4-3-5-14(15)22-16/h3-9H,1-2H3. The minimum absolute atomic E-state index is 0.274. The van der Waals surface area contributed by atoms with Crippen LogP contribution in [-0.2, 0) is 0 Å². The van der Waals surface area contributed by atoms with Crippen molar-refractivity contribution in [3.8, 4) is 11.5 Å². The number of oxazole rings is 1. The molecule has 2 heterocycles. The van der Waals surface area contributed by atoms with Crippen LogP contribution in [0.2, 0.25) is 0 Å². The molecule has 0 bridgehead atoms. The van der Waals surface area contributed by atoms with Crippen molar-refractivity contribution in [1.29, 1.82) is 0 Å². The molecule has 0 saturated heterocycles. The molecular formula is C16H13BrN4O. The van der Waals surface area contributed by atoms with Crippen molar-refractivity contribution in [2.75, 3.05) is 0 Å². The number of nitrogens with zero attached hydrogens (tertiary/aromatic N) is 4. The molecule has 0 spiro atoms. The zero-order chi connectivity index (χ0) is 15.3. The van der Waals surface area contributed by atoms with Gasteiger partial charge in [0.15, 0.2) is 5.58 Å². The van der Waals surface area contributed by atoms with E-state index in [2.05, 4.69) is 45.1 Å². The van der Waals surface area contributed by atoms with E-state index in [1.54, 1.807) is 0 Å². The molecule has 0 aliphatic rings. The highest BCUT2D eigenvalue weighted by atomic mass is 79.9. The molecule has 0 fully saturated rings. The van der Waals surface area contributed by atoms with Gasteiger partial charge < -0.3 is 4.42 Å². The maximum absolute atomic E-state index is 5.84. The highest BCUT2D eigenvalue weighted by Crippen LogP contribution is 2.30. The molecule has 0 radical (unpaired) electrons. The Bertz CT molecular complexity index is 986. The number of fused-ring (bicyclic) bond motifs is 2. The summed E-state index contributed by atoms with van der Waals surface area (Å²) in [7, 11) is 0. The van der Waals surface area contributed by atoms with Crippen LogP contribution in [0.5, 0.6) is 0 Å². The highest BCUT2D eigenvalue weighted by Gasteiger charge is 2.13. The molecule has 4 rings (SSSR count). The number of rotatable bonds is 2. The fourth-order valence-corrected chi connectivity index (χ4v) is 2.93. The Labute approximate surface area is 135 Å². The second kappa shape index (κ2) is 4.91. The summed E-state index contributed by atoms with van der Waals surface area (Å²) in [6.07, 6.45) is 0. The van der Waals surface area contributed by atoms with E-state index >= 15 is 0 Å². The van der Waals surface area contributed by atoms with Crippen molar-refractivity contribution in [3.05, 3.63) is 40.9 Å². The van der Waals surface area contributed by atoms with Crippen LogP contribution in [0.4, 0.5) is 0 Å². The van der Waals surface area contributed by atoms with Gasteiger partial charge in [-0.05, 0) is 60.1 Å². The van der Waals surface area contributed by atoms with E-state index < -0.39 is 0 Å². The first-order valence-corrected chi connectivity index (χ1v) is 7.83. The molecule has 4 aromatic rings. The fourth-order valence-electron chi connectivity index (χ4n) is 2.49. The van der Waals surface area contributed by atoms with E-state index in [1.807, 2.05) is 41.1 Å². The smallest absolute Gasteiger partial charge is 0.227 e. The third-order valence-electron chi connectivity index (χ3n) is 3.58.